The highest BCUT2D eigenvalue weighted by Gasteiger charge is 2.18. The number of nitrogens with one attached hydrogen (secondary N) is 1. The molecule has 0 heterocycles. The monoisotopic (exact) mass is 285 g/mol. The number of hydrogen-bond acceptors (Lipinski definition) is 3. The zero-order chi connectivity index (χ0) is 15.1. The van der Waals surface area contributed by atoms with Crippen molar-refractivity contribution >= 4 is 11.7 Å². The highest BCUT2D eigenvalue weighted by atomic mass is 19.1. The summed E-state index contributed by atoms with van der Waals surface area (Å²) in [6.07, 6.45) is 0.702. The Morgan fingerprint density at radius 2 is 2.05 bits per heavy atom. The molecule has 1 unspecified atom stereocenters. The number of rotatable bonds is 6. The lowest BCUT2D eigenvalue weighted by molar-refractivity contribution is -0.120. The Kier molecular flexibility index (Phi) is 5.89. The summed E-state index contributed by atoms with van der Waals surface area (Å²) in [4.78, 5) is 11.8. The second kappa shape index (κ2) is 7.42. The zero-order valence-corrected chi connectivity index (χ0v) is 11.1. The van der Waals surface area contributed by atoms with E-state index in [2.05, 4.69) is 10.5 Å². The molecule has 0 saturated carbocycles. The van der Waals surface area contributed by atoms with Gasteiger partial charge in [0.1, 0.15) is 11.6 Å². The molecule has 0 spiro atoms. The van der Waals surface area contributed by atoms with Crippen molar-refractivity contribution in [3.05, 3.63) is 35.4 Å². The molecule has 0 aromatic heterocycles. The van der Waals surface area contributed by atoms with Gasteiger partial charge in [0, 0.05) is 5.56 Å². The number of nitrogens with zero attached hydrogens (tertiary/aromatic N) is 1. The summed E-state index contributed by atoms with van der Waals surface area (Å²) in [5.74, 6) is -2.31. The lowest BCUT2D eigenvalue weighted by Gasteiger charge is -2.16. The molecule has 0 aliphatic carbocycles. The minimum absolute atomic E-state index is 0.144. The summed E-state index contributed by atoms with van der Waals surface area (Å²) in [6.45, 7) is 1.86. The van der Waals surface area contributed by atoms with Crippen LogP contribution in [-0.2, 0) is 11.2 Å². The van der Waals surface area contributed by atoms with E-state index >= 15 is 0 Å². The Labute approximate surface area is 115 Å². The molecule has 0 aliphatic heterocycles. The predicted octanol–water partition coefficient (Wildman–Crippen LogP) is 1.54. The van der Waals surface area contributed by atoms with Gasteiger partial charge in [0.15, 0.2) is 5.84 Å². The molecule has 7 heteroatoms. The van der Waals surface area contributed by atoms with Crippen molar-refractivity contribution in [3.8, 4) is 0 Å². The largest absolute Gasteiger partial charge is 0.409 e. The number of carbonyl (C=O) groups excluding carboxylic acids is 1. The van der Waals surface area contributed by atoms with Crippen LogP contribution in [0.5, 0.6) is 0 Å². The normalized spacial score (nSPS) is 13.1. The van der Waals surface area contributed by atoms with Crippen LogP contribution < -0.4 is 11.1 Å². The van der Waals surface area contributed by atoms with E-state index in [0.717, 1.165) is 12.1 Å². The molecule has 4 N–H and O–H groups in total. The lowest BCUT2D eigenvalue weighted by Crippen LogP contribution is -2.45. The van der Waals surface area contributed by atoms with E-state index in [1.165, 1.54) is 6.07 Å². The number of amidine groups is 1. The van der Waals surface area contributed by atoms with Gasteiger partial charge in [-0.1, -0.05) is 24.6 Å². The molecule has 5 nitrogen and oxygen atoms in total. The van der Waals surface area contributed by atoms with Gasteiger partial charge in [-0.05, 0) is 18.6 Å². The number of carbonyl (C=O) groups is 1. The van der Waals surface area contributed by atoms with Crippen molar-refractivity contribution < 1.29 is 18.8 Å². The minimum atomic E-state index is -0.781. The average molecular weight is 285 g/mol. The maximum absolute atomic E-state index is 13.4. The first-order chi connectivity index (χ1) is 9.49. The van der Waals surface area contributed by atoms with Crippen LogP contribution in [0, 0.1) is 11.6 Å². The zero-order valence-electron chi connectivity index (χ0n) is 11.1. The third-order valence-corrected chi connectivity index (χ3v) is 2.78. The van der Waals surface area contributed by atoms with E-state index in [-0.39, 0.29) is 11.4 Å². The van der Waals surface area contributed by atoms with Crippen molar-refractivity contribution in [2.75, 3.05) is 0 Å². The highest BCUT2D eigenvalue weighted by molar-refractivity contribution is 5.90. The number of oxime groups is 1. The molecule has 0 aliphatic rings. The molecule has 1 aromatic rings. The Morgan fingerprint density at radius 3 is 2.55 bits per heavy atom. The molecule has 1 atom stereocenters. The molecule has 0 bridgehead atoms. The van der Waals surface area contributed by atoms with Crippen molar-refractivity contribution in [1.29, 1.82) is 0 Å². The van der Waals surface area contributed by atoms with Gasteiger partial charge in [0.05, 0.1) is 12.5 Å². The van der Waals surface area contributed by atoms with Gasteiger partial charge in [-0.25, -0.2) is 8.78 Å². The summed E-state index contributed by atoms with van der Waals surface area (Å²) in [5.41, 5.74) is 5.14. The summed E-state index contributed by atoms with van der Waals surface area (Å²) in [7, 11) is 0. The van der Waals surface area contributed by atoms with Crippen molar-refractivity contribution in [2.45, 2.75) is 32.2 Å². The fourth-order valence-electron chi connectivity index (χ4n) is 1.76. The molecular weight excluding hydrogens is 268 g/mol. The number of nitrogens with two attached hydrogens (primary N) is 1. The van der Waals surface area contributed by atoms with E-state index in [0.29, 0.717) is 12.8 Å². The van der Waals surface area contributed by atoms with E-state index in [1.807, 2.05) is 6.92 Å². The third-order valence-electron chi connectivity index (χ3n) is 2.78. The first kappa shape index (κ1) is 15.9. The Morgan fingerprint density at radius 1 is 1.45 bits per heavy atom. The Balaban J connectivity index is 2.76. The molecule has 1 rings (SSSR count). The smallest absolute Gasteiger partial charge is 0.225 e. The molecule has 1 aromatic carbocycles. The van der Waals surface area contributed by atoms with Crippen molar-refractivity contribution in [3.63, 3.8) is 0 Å². The Bertz CT molecular complexity index is 486. The van der Waals surface area contributed by atoms with Crippen LogP contribution in [0.3, 0.4) is 0 Å². The average Bonchev–Trinajstić information content (AvgIpc) is 2.41. The molecule has 1 amide bonds. The Hall–Kier alpha value is -2.18. The van der Waals surface area contributed by atoms with Gasteiger partial charge in [-0.2, -0.15) is 0 Å². The van der Waals surface area contributed by atoms with Gasteiger partial charge < -0.3 is 16.3 Å². The van der Waals surface area contributed by atoms with Crippen LogP contribution in [0.2, 0.25) is 0 Å². The van der Waals surface area contributed by atoms with Crippen molar-refractivity contribution in [2.24, 2.45) is 10.9 Å². The number of halogens is 2. The van der Waals surface area contributed by atoms with Gasteiger partial charge in [-0.15, -0.1) is 0 Å². The van der Waals surface area contributed by atoms with E-state index in [9.17, 15) is 13.6 Å². The first-order valence-corrected chi connectivity index (χ1v) is 6.19. The lowest BCUT2D eigenvalue weighted by atomic mass is 10.1. The maximum atomic E-state index is 13.4. The third kappa shape index (κ3) is 4.18. The fourth-order valence-corrected chi connectivity index (χ4v) is 1.76. The van der Waals surface area contributed by atoms with Crippen LogP contribution in [0.1, 0.15) is 25.3 Å². The van der Waals surface area contributed by atoms with Crippen LogP contribution in [0.25, 0.3) is 0 Å². The highest BCUT2D eigenvalue weighted by Crippen LogP contribution is 2.12. The van der Waals surface area contributed by atoms with Crippen LogP contribution >= 0.6 is 0 Å². The molecule has 20 heavy (non-hydrogen) atoms. The quantitative estimate of drug-likeness (QED) is 0.320. The first-order valence-electron chi connectivity index (χ1n) is 6.19. The molecule has 0 saturated heterocycles. The van der Waals surface area contributed by atoms with Crippen LogP contribution in [-0.4, -0.2) is 23.0 Å². The van der Waals surface area contributed by atoms with Gasteiger partial charge in [0.2, 0.25) is 5.91 Å². The molecule has 0 radical (unpaired) electrons. The van der Waals surface area contributed by atoms with Gasteiger partial charge >= 0.3 is 0 Å². The van der Waals surface area contributed by atoms with Crippen LogP contribution in [0.15, 0.2) is 23.4 Å². The van der Waals surface area contributed by atoms with E-state index in [4.69, 9.17) is 10.9 Å². The SMILES string of the molecule is CCCC(NC(=O)Cc1c(F)cccc1F)/C(N)=N/O. The summed E-state index contributed by atoms with van der Waals surface area (Å²) in [6, 6.07) is 2.73. The molecule has 0 fully saturated rings. The topological polar surface area (TPSA) is 87.7 Å². The fraction of sp³-hybridized carbons (Fsp3) is 0.385. The number of hydrogen-bond donors (Lipinski definition) is 3. The summed E-state index contributed by atoms with van der Waals surface area (Å²) >= 11 is 0. The van der Waals surface area contributed by atoms with E-state index < -0.39 is 30.0 Å². The van der Waals surface area contributed by atoms with Gasteiger partial charge in [0.25, 0.3) is 0 Å². The molecular formula is C13H17F2N3O2. The minimum Gasteiger partial charge on any atom is -0.409 e. The maximum Gasteiger partial charge on any atom is 0.225 e. The van der Waals surface area contributed by atoms with Gasteiger partial charge in [-0.3, -0.25) is 4.79 Å². The number of amides is 1. The second-order valence-electron chi connectivity index (χ2n) is 4.31. The molecule has 110 valence electrons. The standard InChI is InChI=1S/C13H17F2N3O2/c1-2-4-11(13(16)18-20)17-12(19)7-8-9(14)5-3-6-10(8)15/h3,5-6,11,20H,2,4,7H2,1H3,(H2,16,18)(H,17,19). The summed E-state index contributed by atoms with van der Waals surface area (Å²) < 4.78 is 26.8. The van der Waals surface area contributed by atoms with Crippen molar-refractivity contribution in [1.82, 2.24) is 5.32 Å². The summed E-state index contributed by atoms with van der Waals surface area (Å²) in [5, 5.41) is 13.9. The predicted molar refractivity (Wildman–Crippen MR) is 70.3 cm³/mol. The van der Waals surface area contributed by atoms with E-state index in [1.54, 1.807) is 0 Å². The van der Waals surface area contributed by atoms with Crippen LogP contribution in [0.4, 0.5) is 8.78 Å². The second-order valence-corrected chi connectivity index (χ2v) is 4.31. The number of benzene rings is 1.